The van der Waals surface area contributed by atoms with Crippen molar-refractivity contribution in [2.24, 2.45) is 0 Å². The number of imide groups is 1. The molecule has 1 N–H and O–H groups in total. The molecule has 0 aliphatic carbocycles. The molecular formula is C25H29N3O4. The van der Waals surface area contributed by atoms with Gasteiger partial charge >= 0.3 is 0 Å². The van der Waals surface area contributed by atoms with E-state index in [0.717, 1.165) is 29.9 Å². The molecule has 0 radical (unpaired) electrons. The number of rotatable bonds is 7. The highest BCUT2D eigenvalue weighted by atomic mass is 16.5. The maximum atomic E-state index is 13.5. The van der Waals surface area contributed by atoms with Crippen LogP contribution in [-0.2, 0) is 14.3 Å². The van der Waals surface area contributed by atoms with Crippen LogP contribution in [0, 0.1) is 13.8 Å². The topological polar surface area (TPSA) is 71.1 Å². The molecule has 0 spiro atoms. The number of benzene rings is 2. The minimum absolute atomic E-state index is 0.286. The van der Waals surface area contributed by atoms with Crippen LogP contribution in [-0.4, -0.2) is 68.1 Å². The summed E-state index contributed by atoms with van der Waals surface area (Å²) in [5.41, 5.74) is 4.17. The number of nitrogens with zero attached hydrogens (tertiary/aromatic N) is 2. The van der Waals surface area contributed by atoms with Crippen LogP contribution in [0.4, 0.5) is 5.69 Å². The summed E-state index contributed by atoms with van der Waals surface area (Å²) in [6.07, 6.45) is 0. The number of carbonyl (C=O) groups is 2. The molecule has 168 valence electrons. The van der Waals surface area contributed by atoms with Gasteiger partial charge < -0.3 is 14.8 Å². The van der Waals surface area contributed by atoms with Crippen LogP contribution >= 0.6 is 0 Å². The van der Waals surface area contributed by atoms with E-state index in [9.17, 15) is 9.59 Å². The lowest BCUT2D eigenvalue weighted by molar-refractivity contribution is -0.137. The molecule has 32 heavy (non-hydrogen) atoms. The Bertz CT molecular complexity index is 1060. The molecule has 0 bridgehead atoms. The number of anilines is 1. The summed E-state index contributed by atoms with van der Waals surface area (Å²) < 4.78 is 10.9. The first-order chi connectivity index (χ1) is 15.5. The molecule has 0 atom stereocenters. The fraction of sp³-hybridized carbons (Fsp3) is 0.360. The maximum absolute atomic E-state index is 13.5. The maximum Gasteiger partial charge on any atom is 0.278 e. The van der Waals surface area contributed by atoms with Crippen molar-refractivity contribution in [3.05, 3.63) is 64.9 Å². The second-order valence-corrected chi connectivity index (χ2v) is 8.11. The molecule has 1 saturated heterocycles. The number of hydrogen-bond donors (Lipinski definition) is 1. The van der Waals surface area contributed by atoms with E-state index in [1.54, 1.807) is 13.2 Å². The van der Waals surface area contributed by atoms with Crippen LogP contribution in [0.15, 0.2) is 48.2 Å². The summed E-state index contributed by atoms with van der Waals surface area (Å²) in [5.74, 6) is -0.0669. The van der Waals surface area contributed by atoms with Crippen molar-refractivity contribution in [2.45, 2.75) is 13.8 Å². The Labute approximate surface area is 188 Å². The summed E-state index contributed by atoms with van der Waals surface area (Å²) in [6.45, 7) is 7.90. The van der Waals surface area contributed by atoms with Crippen molar-refractivity contribution in [1.29, 1.82) is 0 Å². The highest BCUT2D eigenvalue weighted by molar-refractivity contribution is 6.37. The summed E-state index contributed by atoms with van der Waals surface area (Å²) in [7, 11) is 1.56. The molecule has 4 rings (SSSR count). The van der Waals surface area contributed by atoms with E-state index in [-0.39, 0.29) is 17.5 Å². The third kappa shape index (κ3) is 4.40. The van der Waals surface area contributed by atoms with Gasteiger partial charge in [-0.25, -0.2) is 0 Å². The molecule has 0 saturated carbocycles. The first kappa shape index (κ1) is 22.0. The van der Waals surface area contributed by atoms with Crippen LogP contribution in [0.1, 0.15) is 16.7 Å². The lowest BCUT2D eigenvalue weighted by Gasteiger charge is -2.28. The van der Waals surface area contributed by atoms with E-state index in [0.29, 0.717) is 43.2 Å². The Hall–Kier alpha value is -3.16. The minimum Gasteiger partial charge on any atom is -0.496 e. The molecule has 0 aromatic heterocycles. The van der Waals surface area contributed by atoms with Gasteiger partial charge in [0.25, 0.3) is 11.8 Å². The zero-order valence-corrected chi connectivity index (χ0v) is 18.8. The fourth-order valence-electron chi connectivity index (χ4n) is 4.15. The van der Waals surface area contributed by atoms with E-state index in [4.69, 9.17) is 9.47 Å². The normalized spacial score (nSPS) is 17.3. The molecule has 2 heterocycles. The van der Waals surface area contributed by atoms with Gasteiger partial charge in [-0.15, -0.1) is 0 Å². The van der Waals surface area contributed by atoms with Crippen molar-refractivity contribution in [2.75, 3.05) is 51.8 Å². The zero-order valence-electron chi connectivity index (χ0n) is 18.8. The van der Waals surface area contributed by atoms with Gasteiger partial charge in [0, 0.05) is 37.4 Å². The van der Waals surface area contributed by atoms with Gasteiger partial charge in [-0.1, -0.05) is 35.9 Å². The van der Waals surface area contributed by atoms with Gasteiger partial charge in [0.1, 0.15) is 11.4 Å². The van der Waals surface area contributed by atoms with E-state index in [2.05, 4.69) is 10.2 Å². The van der Waals surface area contributed by atoms with Crippen molar-refractivity contribution in [1.82, 2.24) is 9.80 Å². The third-order valence-electron chi connectivity index (χ3n) is 5.93. The Balaban J connectivity index is 1.68. The van der Waals surface area contributed by atoms with Gasteiger partial charge in [0.15, 0.2) is 0 Å². The molecule has 2 aliphatic rings. The number of methoxy groups -OCH3 is 1. The molecule has 2 aromatic rings. The zero-order chi connectivity index (χ0) is 22.7. The number of nitrogens with one attached hydrogen (secondary N) is 1. The molecular weight excluding hydrogens is 406 g/mol. The number of hydrogen-bond acceptors (Lipinski definition) is 6. The number of ether oxygens (including phenoxy) is 2. The number of aryl methyl sites for hydroxylation is 2. The van der Waals surface area contributed by atoms with Crippen molar-refractivity contribution in [3.63, 3.8) is 0 Å². The lowest BCUT2D eigenvalue weighted by Crippen LogP contribution is -2.43. The molecule has 7 heteroatoms. The van der Waals surface area contributed by atoms with Crippen LogP contribution in [0.3, 0.4) is 0 Å². The number of carbonyl (C=O) groups excluding carboxylic acids is 2. The summed E-state index contributed by atoms with van der Waals surface area (Å²) in [6, 6.07) is 13.3. The predicted molar refractivity (Wildman–Crippen MR) is 123 cm³/mol. The number of amides is 2. The fourth-order valence-corrected chi connectivity index (χ4v) is 4.15. The molecule has 2 aliphatic heterocycles. The summed E-state index contributed by atoms with van der Waals surface area (Å²) >= 11 is 0. The van der Waals surface area contributed by atoms with E-state index >= 15 is 0 Å². The van der Waals surface area contributed by atoms with Crippen molar-refractivity contribution in [3.8, 4) is 5.75 Å². The molecule has 2 amide bonds. The minimum atomic E-state index is -0.316. The second kappa shape index (κ2) is 9.54. The highest BCUT2D eigenvalue weighted by Crippen LogP contribution is 2.35. The van der Waals surface area contributed by atoms with Gasteiger partial charge in [-0.3, -0.25) is 19.4 Å². The SMILES string of the molecule is COc1ccccc1C1=C(Nc2ccc(C)cc2C)C(=O)N(CCN2CCOCC2)C1=O. The first-order valence-electron chi connectivity index (χ1n) is 10.9. The average Bonchev–Trinajstić information content (AvgIpc) is 3.03. The lowest BCUT2D eigenvalue weighted by atomic mass is 10.0. The smallest absolute Gasteiger partial charge is 0.278 e. The van der Waals surface area contributed by atoms with Gasteiger partial charge in [-0.05, 0) is 31.5 Å². The van der Waals surface area contributed by atoms with Crippen LogP contribution < -0.4 is 10.1 Å². The van der Waals surface area contributed by atoms with Crippen LogP contribution in [0.25, 0.3) is 5.57 Å². The Morgan fingerprint density at radius 1 is 1.00 bits per heavy atom. The van der Waals surface area contributed by atoms with Crippen LogP contribution in [0.2, 0.25) is 0 Å². The van der Waals surface area contributed by atoms with E-state index in [1.807, 2.05) is 50.2 Å². The number of para-hydroxylation sites is 1. The molecule has 2 aromatic carbocycles. The summed E-state index contributed by atoms with van der Waals surface area (Å²) in [4.78, 5) is 30.5. The largest absolute Gasteiger partial charge is 0.496 e. The summed E-state index contributed by atoms with van der Waals surface area (Å²) in [5, 5.41) is 3.26. The van der Waals surface area contributed by atoms with Crippen molar-refractivity contribution >= 4 is 23.1 Å². The quantitative estimate of drug-likeness (QED) is 0.675. The Morgan fingerprint density at radius 3 is 2.47 bits per heavy atom. The monoisotopic (exact) mass is 435 g/mol. The first-order valence-corrected chi connectivity index (χ1v) is 10.9. The third-order valence-corrected chi connectivity index (χ3v) is 5.93. The standard InChI is InChI=1S/C25H29N3O4/c1-17-8-9-20(18(2)16-17)26-23-22(19-6-4-5-7-21(19)31-3)24(29)28(25(23)30)11-10-27-12-14-32-15-13-27/h4-9,16,26H,10-15H2,1-3H3. The molecule has 1 fully saturated rings. The van der Waals surface area contributed by atoms with E-state index < -0.39 is 0 Å². The van der Waals surface area contributed by atoms with Gasteiger partial charge in [0.2, 0.25) is 0 Å². The van der Waals surface area contributed by atoms with Gasteiger partial charge in [-0.2, -0.15) is 0 Å². The molecule has 7 nitrogen and oxygen atoms in total. The van der Waals surface area contributed by atoms with Gasteiger partial charge in [0.05, 0.1) is 25.9 Å². The number of morpholine rings is 1. The van der Waals surface area contributed by atoms with Crippen LogP contribution in [0.5, 0.6) is 5.75 Å². The Morgan fingerprint density at radius 2 is 1.75 bits per heavy atom. The predicted octanol–water partition coefficient (Wildman–Crippen LogP) is 2.84. The molecule has 0 unspecified atom stereocenters. The van der Waals surface area contributed by atoms with Crippen molar-refractivity contribution < 1.29 is 19.1 Å². The average molecular weight is 436 g/mol. The highest BCUT2D eigenvalue weighted by Gasteiger charge is 2.40. The van der Waals surface area contributed by atoms with E-state index in [1.165, 1.54) is 4.90 Å². The Kier molecular flexibility index (Phi) is 6.58. The second-order valence-electron chi connectivity index (χ2n) is 8.11.